The van der Waals surface area contributed by atoms with Crippen molar-refractivity contribution in [1.29, 1.82) is 0 Å². The Balaban J connectivity index is 1.29. The Morgan fingerprint density at radius 1 is 1.09 bits per heavy atom. The molecule has 1 unspecified atom stereocenters. The van der Waals surface area contributed by atoms with Gasteiger partial charge in [-0.2, -0.15) is 0 Å². The molecule has 0 aromatic heterocycles. The fourth-order valence-corrected chi connectivity index (χ4v) is 7.99. The van der Waals surface area contributed by atoms with Crippen molar-refractivity contribution in [3.63, 3.8) is 0 Å². The molecular weight excluding hydrogens is 555 g/mol. The summed E-state index contributed by atoms with van der Waals surface area (Å²) in [5.74, 6) is 0.0582. The topological polar surface area (TPSA) is 118 Å². The number of aryl methyl sites for hydroxylation is 1. The third-order valence-electron chi connectivity index (χ3n) is 10.9. The highest BCUT2D eigenvalue weighted by molar-refractivity contribution is 6.48. The monoisotopic (exact) mass is 608 g/mol. The molecule has 2 bridgehead atoms. The number of benzene rings is 1. The Bertz CT molecular complexity index is 1190. The van der Waals surface area contributed by atoms with Crippen LogP contribution in [-0.2, 0) is 25.3 Å². The maximum absolute atomic E-state index is 13.9. The second kappa shape index (κ2) is 13.5. The van der Waals surface area contributed by atoms with Crippen molar-refractivity contribution in [2.24, 2.45) is 23.2 Å². The van der Waals surface area contributed by atoms with E-state index in [0.29, 0.717) is 23.8 Å². The average Bonchev–Trinajstić information content (AvgIpc) is 3.65. The number of amides is 3. The largest absolute Gasteiger partial charge is 0.481 e. The highest BCUT2D eigenvalue weighted by Crippen LogP contribution is 2.65. The molecule has 0 radical (unpaired) electrons. The SMILES string of the molecule is CCCCc1ccc(C(=O)N[C@@H](CNC(=O)C2CCCN2)C(=O)N[C@@H](CC(C)C)B2O[C@@H]3C[C@H]4C[C@H](C4(C)C)[C@]3(C)O2)cc1. The van der Waals surface area contributed by atoms with E-state index in [1.54, 1.807) is 12.1 Å². The van der Waals surface area contributed by atoms with E-state index >= 15 is 0 Å². The second-order valence-electron chi connectivity index (χ2n) is 14.8. The van der Waals surface area contributed by atoms with Crippen LogP contribution in [0.15, 0.2) is 24.3 Å². The lowest BCUT2D eigenvalue weighted by Crippen LogP contribution is -2.65. The molecule has 6 rings (SSSR count). The first kappa shape index (κ1) is 33.0. The maximum Gasteiger partial charge on any atom is 0.481 e. The zero-order valence-electron chi connectivity index (χ0n) is 27.5. The quantitative estimate of drug-likeness (QED) is 0.253. The minimum absolute atomic E-state index is 0.00448. The van der Waals surface area contributed by atoms with Gasteiger partial charge in [-0.05, 0) is 99.3 Å². The van der Waals surface area contributed by atoms with Gasteiger partial charge in [-0.3, -0.25) is 14.4 Å². The third-order valence-corrected chi connectivity index (χ3v) is 10.9. The van der Waals surface area contributed by atoms with Crippen LogP contribution >= 0.6 is 0 Å². The van der Waals surface area contributed by atoms with Crippen molar-refractivity contribution >= 4 is 24.8 Å². The van der Waals surface area contributed by atoms with Crippen molar-refractivity contribution in [3.05, 3.63) is 35.4 Å². The van der Waals surface area contributed by atoms with Crippen molar-refractivity contribution in [2.45, 2.75) is 123 Å². The summed E-state index contributed by atoms with van der Waals surface area (Å²) in [5.41, 5.74) is 1.49. The Kier molecular flexibility index (Phi) is 10.1. The molecule has 4 N–H and O–H groups in total. The van der Waals surface area contributed by atoms with Gasteiger partial charge in [-0.25, -0.2) is 0 Å². The van der Waals surface area contributed by atoms with Gasteiger partial charge < -0.3 is 30.6 Å². The van der Waals surface area contributed by atoms with Gasteiger partial charge >= 0.3 is 7.12 Å². The summed E-state index contributed by atoms with van der Waals surface area (Å²) >= 11 is 0. The fourth-order valence-electron chi connectivity index (χ4n) is 7.99. The van der Waals surface area contributed by atoms with E-state index in [0.717, 1.165) is 51.5 Å². The van der Waals surface area contributed by atoms with Crippen molar-refractivity contribution in [3.8, 4) is 0 Å². The molecule has 1 aromatic rings. The molecule has 7 atom stereocenters. The second-order valence-corrected chi connectivity index (χ2v) is 14.8. The molecule has 44 heavy (non-hydrogen) atoms. The zero-order chi connectivity index (χ0) is 31.6. The molecule has 2 aliphatic heterocycles. The number of unbranched alkanes of at least 4 members (excludes halogenated alkanes) is 1. The smallest absolute Gasteiger partial charge is 0.404 e. The average molecular weight is 609 g/mol. The van der Waals surface area contributed by atoms with Crippen LogP contribution in [0.25, 0.3) is 0 Å². The summed E-state index contributed by atoms with van der Waals surface area (Å²) in [4.78, 5) is 40.1. The van der Waals surface area contributed by atoms with Gasteiger partial charge in [0.25, 0.3) is 5.91 Å². The number of carbonyl (C=O) groups excluding carboxylic acids is 3. The maximum atomic E-state index is 13.9. The molecule has 5 aliphatic rings. The molecular formula is C34H53BN4O5. The summed E-state index contributed by atoms with van der Waals surface area (Å²) in [6.45, 7) is 14.0. The van der Waals surface area contributed by atoms with Crippen LogP contribution in [0.3, 0.4) is 0 Å². The Labute approximate surface area is 263 Å². The van der Waals surface area contributed by atoms with Crippen LogP contribution < -0.4 is 21.3 Å². The summed E-state index contributed by atoms with van der Waals surface area (Å²) < 4.78 is 13.3. The minimum atomic E-state index is -0.965. The fraction of sp³-hybridized carbons (Fsp3) is 0.735. The van der Waals surface area contributed by atoms with E-state index < -0.39 is 19.1 Å². The van der Waals surface area contributed by atoms with Gasteiger partial charge in [0.1, 0.15) is 6.04 Å². The molecule has 2 saturated heterocycles. The van der Waals surface area contributed by atoms with E-state index in [2.05, 4.69) is 62.8 Å². The van der Waals surface area contributed by atoms with Crippen molar-refractivity contribution in [2.75, 3.05) is 13.1 Å². The predicted molar refractivity (Wildman–Crippen MR) is 172 cm³/mol. The van der Waals surface area contributed by atoms with Crippen LogP contribution in [0.2, 0.25) is 0 Å². The summed E-state index contributed by atoms with van der Waals surface area (Å²) in [6.07, 6.45) is 7.64. The van der Waals surface area contributed by atoms with Crippen LogP contribution in [-0.4, -0.2) is 67.7 Å². The first-order valence-electron chi connectivity index (χ1n) is 17.0. The highest BCUT2D eigenvalue weighted by Gasteiger charge is 2.68. The minimum Gasteiger partial charge on any atom is -0.404 e. The lowest BCUT2D eigenvalue weighted by molar-refractivity contribution is -0.199. The Morgan fingerprint density at radius 2 is 1.84 bits per heavy atom. The molecule has 1 aromatic carbocycles. The van der Waals surface area contributed by atoms with E-state index in [1.807, 2.05) is 12.1 Å². The summed E-state index contributed by atoms with van der Waals surface area (Å²) in [6, 6.07) is 6.28. The van der Waals surface area contributed by atoms with Gasteiger partial charge in [0.2, 0.25) is 11.8 Å². The summed E-state index contributed by atoms with van der Waals surface area (Å²) in [5, 5.41) is 12.2. The van der Waals surface area contributed by atoms with Crippen LogP contribution in [0.4, 0.5) is 0 Å². The van der Waals surface area contributed by atoms with Gasteiger partial charge in [0, 0.05) is 12.1 Å². The number of hydrogen-bond donors (Lipinski definition) is 4. The number of carbonyl (C=O) groups is 3. The van der Waals surface area contributed by atoms with Gasteiger partial charge in [0.15, 0.2) is 0 Å². The molecule has 3 amide bonds. The normalized spacial score (nSPS) is 29.8. The van der Waals surface area contributed by atoms with Crippen molar-refractivity contribution < 1.29 is 23.7 Å². The third kappa shape index (κ3) is 6.87. The first-order valence-corrected chi connectivity index (χ1v) is 17.0. The molecule has 5 fully saturated rings. The van der Waals surface area contributed by atoms with Gasteiger partial charge in [0.05, 0.1) is 23.7 Å². The molecule has 10 heteroatoms. The molecule has 2 heterocycles. The Hall–Kier alpha value is -2.43. The van der Waals surface area contributed by atoms with E-state index in [1.165, 1.54) is 5.56 Å². The van der Waals surface area contributed by atoms with Gasteiger partial charge in [-0.15, -0.1) is 0 Å². The molecule has 3 aliphatic carbocycles. The van der Waals surface area contributed by atoms with Crippen molar-refractivity contribution in [1.82, 2.24) is 21.3 Å². The number of rotatable bonds is 13. The lowest BCUT2D eigenvalue weighted by Gasteiger charge is -2.64. The lowest BCUT2D eigenvalue weighted by atomic mass is 9.43. The molecule has 9 nitrogen and oxygen atoms in total. The zero-order valence-corrected chi connectivity index (χ0v) is 27.5. The predicted octanol–water partition coefficient (Wildman–Crippen LogP) is 3.79. The van der Waals surface area contributed by atoms with Crippen LogP contribution in [0.1, 0.15) is 102 Å². The van der Waals surface area contributed by atoms with E-state index in [9.17, 15) is 14.4 Å². The van der Waals surface area contributed by atoms with E-state index in [-0.39, 0.29) is 53.3 Å². The summed E-state index contributed by atoms with van der Waals surface area (Å²) in [7, 11) is -0.573. The molecule has 242 valence electrons. The number of hydrogen-bond acceptors (Lipinski definition) is 6. The number of nitrogens with one attached hydrogen (secondary N) is 4. The highest BCUT2D eigenvalue weighted by atomic mass is 16.7. The van der Waals surface area contributed by atoms with Gasteiger partial charge in [-0.1, -0.05) is 53.2 Å². The van der Waals surface area contributed by atoms with E-state index in [4.69, 9.17) is 9.31 Å². The van der Waals surface area contributed by atoms with Crippen LogP contribution in [0, 0.1) is 23.2 Å². The molecule has 0 spiro atoms. The molecule has 3 saturated carbocycles. The first-order chi connectivity index (χ1) is 20.9. The Morgan fingerprint density at radius 3 is 2.48 bits per heavy atom. The standard InChI is InChI=1S/C34H53BN4O5/c1-7-8-10-22-12-14-23(15-13-22)30(40)38-26(20-37-31(41)25-11-9-16-36-25)32(42)39-29(17-21(2)3)35-43-28-19-24-18-27(33(24,4)5)34(28,6)44-35/h12-15,21,24-29,36H,7-11,16-20H2,1-6H3,(H,37,41)(H,38,40)(H,39,42)/t24-,25?,26+,27-,28-,29+,34+/m1/s1. The van der Waals surface area contributed by atoms with Crippen LogP contribution in [0.5, 0.6) is 0 Å².